The molecule has 208 valence electrons. The van der Waals surface area contributed by atoms with Crippen molar-refractivity contribution in [3.63, 3.8) is 0 Å². The van der Waals surface area contributed by atoms with Crippen molar-refractivity contribution in [3.8, 4) is 5.75 Å². The van der Waals surface area contributed by atoms with Gasteiger partial charge in [0.05, 0.1) is 19.1 Å². The normalized spacial score (nSPS) is 11.9. The molecule has 0 unspecified atom stereocenters. The predicted molar refractivity (Wildman–Crippen MR) is 149 cm³/mol. The van der Waals surface area contributed by atoms with Gasteiger partial charge in [-0.05, 0) is 41.8 Å². The Bertz CT molecular complexity index is 1370. The highest BCUT2D eigenvalue weighted by atomic mass is 32.2. The fourth-order valence-corrected chi connectivity index (χ4v) is 4.99. The zero-order valence-electron chi connectivity index (χ0n) is 22.3. The molecule has 0 saturated carbocycles. The molecular weight excluding hydrogens is 521 g/mol. The Kier molecular flexibility index (Phi) is 10.4. The van der Waals surface area contributed by atoms with Gasteiger partial charge in [-0.2, -0.15) is 0 Å². The van der Waals surface area contributed by atoms with Gasteiger partial charge >= 0.3 is 0 Å². The molecule has 3 aromatic rings. The van der Waals surface area contributed by atoms with E-state index in [1.807, 2.05) is 37.3 Å². The number of sulfonamides is 1. The predicted octanol–water partition coefficient (Wildman–Crippen LogP) is 3.77. The molecule has 0 aliphatic heterocycles. The number of para-hydroxylation sites is 1. The standard InChI is InChI=1S/C29H34FN3O5S/c1-4-17-31-29(35)27(19-22-11-6-5-7-12-22)32(20-23-13-10-14-24(18-23)38-2)28(34)21-33(39(3,36)37)26-16-9-8-15-25(26)30/h5-16,18,27H,4,17,19-21H2,1-3H3,(H,31,35)/t27-/m0/s1. The molecule has 8 nitrogen and oxygen atoms in total. The third kappa shape index (κ3) is 8.28. The van der Waals surface area contributed by atoms with Gasteiger partial charge in [0, 0.05) is 19.5 Å². The number of benzene rings is 3. The van der Waals surface area contributed by atoms with Crippen LogP contribution in [0, 0.1) is 5.82 Å². The number of ether oxygens (including phenoxy) is 1. The van der Waals surface area contributed by atoms with Crippen LogP contribution in [0.2, 0.25) is 0 Å². The lowest BCUT2D eigenvalue weighted by molar-refractivity contribution is -0.140. The summed E-state index contributed by atoms with van der Waals surface area (Å²) in [6.45, 7) is 1.65. The number of hydrogen-bond acceptors (Lipinski definition) is 5. The van der Waals surface area contributed by atoms with Crippen molar-refractivity contribution in [1.82, 2.24) is 10.2 Å². The van der Waals surface area contributed by atoms with Crippen LogP contribution in [0.3, 0.4) is 0 Å². The van der Waals surface area contributed by atoms with Gasteiger partial charge < -0.3 is 15.0 Å². The number of methoxy groups -OCH3 is 1. The van der Waals surface area contributed by atoms with Crippen molar-refractivity contribution >= 4 is 27.5 Å². The van der Waals surface area contributed by atoms with Crippen LogP contribution in [0.25, 0.3) is 0 Å². The van der Waals surface area contributed by atoms with E-state index in [2.05, 4.69) is 5.32 Å². The van der Waals surface area contributed by atoms with Crippen molar-refractivity contribution in [2.24, 2.45) is 0 Å². The highest BCUT2D eigenvalue weighted by Gasteiger charge is 2.33. The number of halogens is 1. The number of amides is 2. The summed E-state index contributed by atoms with van der Waals surface area (Å²) in [7, 11) is -2.52. The molecule has 0 heterocycles. The Balaban J connectivity index is 2.06. The van der Waals surface area contributed by atoms with Crippen LogP contribution in [0.1, 0.15) is 24.5 Å². The van der Waals surface area contributed by atoms with Crippen LogP contribution < -0.4 is 14.4 Å². The Morgan fingerprint density at radius 2 is 1.64 bits per heavy atom. The van der Waals surface area contributed by atoms with Crippen LogP contribution >= 0.6 is 0 Å². The fraction of sp³-hybridized carbons (Fsp3) is 0.310. The second kappa shape index (κ2) is 13.7. The Hall–Kier alpha value is -3.92. The minimum Gasteiger partial charge on any atom is -0.497 e. The van der Waals surface area contributed by atoms with Crippen LogP contribution in [-0.2, 0) is 32.6 Å². The van der Waals surface area contributed by atoms with Gasteiger partial charge in [-0.3, -0.25) is 13.9 Å². The van der Waals surface area contributed by atoms with Crippen LogP contribution in [0.15, 0.2) is 78.9 Å². The number of carbonyl (C=O) groups excluding carboxylic acids is 2. The van der Waals surface area contributed by atoms with Crippen molar-refractivity contribution < 1.29 is 27.1 Å². The van der Waals surface area contributed by atoms with E-state index in [9.17, 15) is 22.4 Å². The molecule has 0 radical (unpaired) electrons. The first-order chi connectivity index (χ1) is 18.6. The van der Waals surface area contributed by atoms with E-state index >= 15 is 0 Å². The molecule has 1 N–H and O–H groups in total. The second-order valence-corrected chi connectivity index (χ2v) is 11.0. The summed E-state index contributed by atoms with van der Waals surface area (Å²) in [5.74, 6) is -1.23. The Morgan fingerprint density at radius 3 is 2.28 bits per heavy atom. The molecule has 39 heavy (non-hydrogen) atoms. The van der Waals surface area contributed by atoms with Crippen molar-refractivity contribution in [2.45, 2.75) is 32.4 Å². The van der Waals surface area contributed by atoms with Crippen LogP contribution in [-0.4, -0.2) is 57.6 Å². The maximum Gasteiger partial charge on any atom is 0.244 e. The van der Waals surface area contributed by atoms with E-state index < -0.39 is 34.3 Å². The van der Waals surface area contributed by atoms with Crippen LogP contribution in [0.5, 0.6) is 5.75 Å². The first kappa shape index (κ1) is 29.6. The lowest BCUT2D eigenvalue weighted by Gasteiger charge is -2.33. The molecule has 2 amide bonds. The average molecular weight is 556 g/mol. The molecule has 0 bridgehead atoms. The lowest BCUT2D eigenvalue weighted by Crippen LogP contribution is -2.53. The number of nitrogens with zero attached hydrogens (tertiary/aromatic N) is 2. The molecule has 0 saturated heterocycles. The van der Waals surface area contributed by atoms with Crippen molar-refractivity contribution in [1.29, 1.82) is 0 Å². The molecule has 0 aromatic heterocycles. The fourth-order valence-electron chi connectivity index (χ4n) is 4.14. The summed E-state index contributed by atoms with van der Waals surface area (Å²) >= 11 is 0. The van der Waals surface area contributed by atoms with Gasteiger partial charge in [0.2, 0.25) is 21.8 Å². The highest BCUT2D eigenvalue weighted by Crippen LogP contribution is 2.23. The van der Waals surface area contributed by atoms with Gasteiger partial charge in [-0.1, -0.05) is 61.5 Å². The molecule has 3 rings (SSSR count). The van der Waals surface area contributed by atoms with E-state index in [0.29, 0.717) is 24.3 Å². The van der Waals surface area contributed by atoms with E-state index in [4.69, 9.17) is 4.74 Å². The number of anilines is 1. The minimum atomic E-state index is -4.05. The summed E-state index contributed by atoms with van der Waals surface area (Å²) in [5, 5.41) is 2.87. The van der Waals surface area contributed by atoms with E-state index in [-0.39, 0.29) is 24.6 Å². The average Bonchev–Trinajstić information content (AvgIpc) is 2.92. The number of carbonyl (C=O) groups is 2. The molecule has 10 heteroatoms. The van der Waals surface area contributed by atoms with Gasteiger partial charge in [0.15, 0.2) is 0 Å². The van der Waals surface area contributed by atoms with Crippen molar-refractivity contribution in [3.05, 3.63) is 95.8 Å². The number of nitrogens with one attached hydrogen (secondary N) is 1. The van der Waals surface area contributed by atoms with E-state index in [0.717, 1.165) is 22.2 Å². The maximum atomic E-state index is 14.7. The van der Waals surface area contributed by atoms with Gasteiger partial charge in [0.25, 0.3) is 0 Å². The summed E-state index contributed by atoms with van der Waals surface area (Å²) in [6.07, 6.45) is 1.81. The minimum absolute atomic E-state index is 0.00194. The zero-order chi connectivity index (χ0) is 28.4. The van der Waals surface area contributed by atoms with Gasteiger partial charge in [-0.15, -0.1) is 0 Å². The molecule has 1 atom stereocenters. The van der Waals surface area contributed by atoms with Crippen molar-refractivity contribution in [2.75, 3.05) is 30.8 Å². The summed E-state index contributed by atoms with van der Waals surface area (Å²) in [5.41, 5.74) is 1.26. The summed E-state index contributed by atoms with van der Waals surface area (Å²) in [6, 6.07) is 20.7. The molecule has 0 spiro atoms. The Morgan fingerprint density at radius 1 is 0.974 bits per heavy atom. The second-order valence-electron chi connectivity index (χ2n) is 9.09. The molecule has 0 aliphatic carbocycles. The van der Waals surface area contributed by atoms with Crippen LogP contribution in [0.4, 0.5) is 10.1 Å². The third-order valence-corrected chi connectivity index (χ3v) is 7.23. The third-order valence-electron chi connectivity index (χ3n) is 6.11. The molecule has 0 fully saturated rings. The quantitative estimate of drug-likeness (QED) is 0.347. The van der Waals surface area contributed by atoms with E-state index in [1.54, 1.807) is 24.3 Å². The molecule has 3 aromatic carbocycles. The molecule has 0 aliphatic rings. The first-order valence-electron chi connectivity index (χ1n) is 12.6. The summed E-state index contributed by atoms with van der Waals surface area (Å²) in [4.78, 5) is 28.7. The smallest absolute Gasteiger partial charge is 0.244 e. The molecular formula is C29H34FN3O5S. The SMILES string of the molecule is CCCNC(=O)[C@H](Cc1ccccc1)N(Cc1cccc(OC)c1)C(=O)CN(c1ccccc1F)S(C)(=O)=O. The van der Waals surface area contributed by atoms with Gasteiger partial charge in [0.1, 0.15) is 24.2 Å². The number of rotatable bonds is 13. The Labute approximate surface area is 229 Å². The maximum absolute atomic E-state index is 14.7. The number of hydrogen-bond donors (Lipinski definition) is 1. The summed E-state index contributed by atoms with van der Waals surface area (Å²) < 4.78 is 46.1. The topological polar surface area (TPSA) is 96.0 Å². The highest BCUT2D eigenvalue weighted by molar-refractivity contribution is 7.92. The monoisotopic (exact) mass is 555 g/mol. The lowest BCUT2D eigenvalue weighted by atomic mass is 10.0. The largest absolute Gasteiger partial charge is 0.497 e. The van der Waals surface area contributed by atoms with Gasteiger partial charge in [-0.25, -0.2) is 12.8 Å². The van der Waals surface area contributed by atoms with E-state index in [1.165, 1.54) is 30.2 Å². The first-order valence-corrected chi connectivity index (χ1v) is 14.4. The zero-order valence-corrected chi connectivity index (χ0v) is 23.2.